The van der Waals surface area contributed by atoms with Crippen LogP contribution in [0.25, 0.3) is 20.8 Å². The van der Waals surface area contributed by atoms with E-state index in [2.05, 4.69) is 46.7 Å². The number of rotatable bonds is 5. The Kier molecular flexibility index (Phi) is 6.81. The molecule has 6 heteroatoms. The number of ether oxygens (including phenoxy) is 2. The van der Waals surface area contributed by atoms with Crippen LogP contribution in [-0.4, -0.2) is 32.5 Å². The summed E-state index contributed by atoms with van der Waals surface area (Å²) in [6.07, 6.45) is 0.720. The molecule has 0 saturated heterocycles. The highest BCUT2D eigenvalue weighted by atomic mass is 32.1. The molecule has 0 radical (unpaired) electrons. The monoisotopic (exact) mass is 406 g/mol. The van der Waals surface area contributed by atoms with Crippen molar-refractivity contribution in [1.82, 2.24) is 4.98 Å². The summed E-state index contributed by atoms with van der Waals surface area (Å²) in [6, 6.07) is 21.8. The van der Waals surface area contributed by atoms with Gasteiger partial charge in [-0.2, -0.15) is 0 Å². The van der Waals surface area contributed by atoms with Gasteiger partial charge in [0.25, 0.3) is 0 Å². The summed E-state index contributed by atoms with van der Waals surface area (Å²) in [5.74, 6) is 1.06. The van der Waals surface area contributed by atoms with Crippen molar-refractivity contribution in [1.29, 1.82) is 0 Å². The molecule has 1 aromatic heterocycles. The number of para-hydroxylation sites is 1. The Hall–Kier alpha value is -3.38. The van der Waals surface area contributed by atoms with Gasteiger partial charge in [0.05, 0.1) is 30.0 Å². The summed E-state index contributed by atoms with van der Waals surface area (Å²) in [6.45, 7) is 0. The van der Waals surface area contributed by atoms with E-state index in [0.29, 0.717) is 17.1 Å². The average molecular weight is 407 g/mol. The lowest BCUT2D eigenvalue weighted by Gasteiger charge is -2.06. The second-order valence-corrected chi connectivity index (χ2v) is 7.04. The summed E-state index contributed by atoms with van der Waals surface area (Å²) in [5, 5.41) is 4.19. The van der Waals surface area contributed by atoms with Gasteiger partial charge >= 0.3 is 0 Å². The van der Waals surface area contributed by atoms with Crippen molar-refractivity contribution in [3.8, 4) is 22.1 Å². The van der Waals surface area contributed by atoms with Crippen LogP contribution in [0.15, 0.2) is 66.7 Å². The Morgan fingerprint density at radius 1 is 0.897 bits per heavy atom. The van der Waals surface area contributed by atoms with Gasteiger partial charge in [0.1, 0.15) is 16.5 Å². The third-order valence-corrected chi connectivity index (χ3v) is 5.38. The number of aldehydes is 1. The Bertz CT molecular complexity index is 1040. The molecular formula is C23H22N2O3S. The number of fused-ring (bicyclic) bond motifs is 1. The molecule has 0 amide bonds. The molecule has 1 N–H and O–H groups in total. The number of nitrogens with one attached hydrogen (secondary N) is 1. The van der Waals surface area contributed by atoms with Crippen molar-refractivity contribution < 1.29 is 14.3 Å². The fourth-order valence-electron chi connectivity index (χ4n) is 2.77. The first-order valence-electron chi connectivity index (χ1n) is 9.00. The molecule has 4 rings (SSSR count). The molecule has 5 nitrogen and oxygen atoms in total. The highest BCUT2D eigenvalue weighted by Crippen LogP contribution is 2.30. The van der Waals surface area contributed by atoms with Crippen molar-refractivity contribution in [2.24, 2.45) is 0 Å². The molecule has 0 aliphatic carbocycles. The first-order chi connectivity index (χ1) is 14.2. The van der Waals surface area contributed by atoms with Gasteiger partial charge in [-0.15, -0.1) is 11.3 Å². The molecule has 148 valence electrons. The van der Waals surface area contributed by atoms with Crippen LogP contribution in [-0.2, 0) is 0 Å². The Labute approximate surface area is 173 Å². The van der Waals surface area contributed by atoms with Crippen molar-refractivity contribution in [2.75, 3.05) is 26.6 Å². The molecular weight excluding hydrogens is 384 g/mol. The maximum absolute atomic E-state index is 10.6. The normalized spacial score (nSPS) is 10.0. The first kappa shape index (κ1) is 20.4. The van der Waals surface area contributed by atoms with Gasteiger partial charge in [-0.05, 0) is 48.5 Å². The molecule has 0 spiro atoms. The Morgan fingerprint density at radius 2 is 1.55 bits per heavy atom. The molecule has 0 unspecified atom stereocenters. The minimum absolute atomic E-state index is 0.447. The zero-order valence-electron chi connectivity index (χ0n) is 16.5. The van der Waals surface area contributed by atoms with E-state index in [4.69, 9.17) is 9.47 Å². The van der Waals surface area contributed by atoms with Crippen LogP contribution >= 0.6 is 11.3 Å². The topological polar surface area (TPSA) is 60.5 Å². The van der Waals surface area contributed by atoms with E-state index in [1.807, 2.05) is 19.2 Å². The minimum Gasteiger partial charge on any atom is -0.496 e. The van der Waals surface area contributed by atoms with Crippen LogP contribution in [0.3, 0.4) is 0 Å². The number of aromatic nitrogens is 1. The van der Waals surface area contributed by atoms with Crippen LogP contribution in [0.1, 0.15) is 10.4 Å². The van der Waals surface area contributed by atoms with E-state index >= 15 is 0 Å². The summed E-state index contributed by atoms with van der Waals surface area (Å²) < 4.78 is 11.2. The molecule has 29 heavy (non-hydrogen) atoms. The van der Waals surface area contributed by atoms with Crippen LogP contribution < -0.4 is 14.8 Å². The van der Waals surface area contributed by atoms with Gasteiger partial charge in [0.2, 0.25) is 0 Å². The Balaban J connectivity index is 0.000000177. The minimum atomic E-state index is 0.447. The standard InChI is InChI=1S/C14H12N2S.C9H10O3/c1-15-11-8-6-10(7-9-11)14-16-12-4-2-3-5-13(12)17-14;1-11-8-4-3-5-9(12-2)7(8)6-10/h2-9,15H,1H3;3-6H,1-2H3. The molecule has 0 atom stereocenters. The van der Waals surface area contributed by atoms with E-state index in [9.17, 15) is 4.79 Å². The lowest BCUT2D eigenvalue weighted by atomic mass is 10.2. The number of carbonyl (C=O) groups excluding carboxylic acids is 1. The summed E-state index contributed by atoms with van der Waals surface area (Å²) in [5.41, 5.74) is 3.81. The number of thiazole rings is 1. The van der Waals surface area contributed by atoms with Gasteiger partial charge in [0.15, 0.2) is 6.29 Å². The Morgan fingerprint density at radius 3 is 2.10 bits per heavy atom. The number of benzene rings is 3. The molecule has 1 heterocycles. The van der Waals surface area contributed by atoms with E-state index in [1.165, 1.54) is 24.5 Å². The number of hydrogen-bond acceptors (Lipinski definition) is 6. The van der Waals surface area contributed by atoms with Gasteiger partial charge in [-0.1, -0.05) is 18.2 Å². The molecule has 0 saturated carbocycles. The molecule has 0 bridgehead atoms. The number of hydrogen-bond donors (Lipinski definition) is 1. The highest BCUT2D eigenvalue weighted by molar-refractivity contribution is 7.21. The van der Waals surface area contributed by atoms with Crippen LogP contribution in [0.2, 0.25) is 0 Å². The van der Waals surface area contributed by atoms with Crippen molar-refractivity contribution in [3.63, 3.8) is 0 Å². The SMILES string of the molecule is CNc1ccc(-c2nc3ccccc3s2)cc1.COc1cccc(OC)c1C=O. The summed E-state index contributed by atoms with van der Waals surface area (Å²) >= 11 is 1.73. The van der Waals surface area contributed by atoms with E-state index < -0.39 is 0 Å². The van der Waals surface area contributed by atoms with E-state index in [0.717, 1.165) is 22.5 Å². The first-order valence-corrected chi connectivity index (χ1v) is 9.81. The second-order valence-electron chi connectivity index (χ2n) is 6.01. The van der Waals surface area contributed by atoms with Gasteiger partial charge < -0.3 is 14.8 Å². The maximum Gasteiger partial charge on any atom is 0.157 e. The van der Waals surface area contributed by atoms with Crippen LogP contribution in [0.5, 0.6) is 11.5 Å². The van der Waals surface area contributed by atoms with E-state index in [1.54, 1.807) is 29.5 Å². The third kappa shape index (κ3) is 4.73. The number of methoxy groups -OCH3 is 2. The molecule has 4 aromatic rings. The lowest BCUT2D eigenvalue weighted by Crippen LogP contribution is -1.94. The number of nitrogens with zero attached hydrogens (tertiary/aromatic N) is 1. The third-order valence-electron chi connectivity index (χ3n) is 4.30. The maximum atomic E-state index is 10.6. The lowest BCUT2D eigenvalue weighted by molar-refractivity contribution is 0.111. The van der Waals surface area contributed by atoms with Crippen LogP contribution in [0, 0.1) is 0 Å². The predicted molar refractivity (Wildman–Crippen MR) is 120 cm³/mol. The number of anilines is 1. The van der Waals surface area contributed by atoms with Gasteiger partial charge in [-0.3, -0.25) is 4.79 Å². The van der Waals surface area contributed by atoms with Crippen molar-refractivity contribution in [3.05, 3.63) is 72.3 Å². The quantitative estimate of drug-likeness (QED) is 0.442. The zero-order chi connectivity index (χ0) is 20.6. The van der Waals surface area contributed by atoms with Gasteiger partial charge in [0, 0.05) is 18.3 Å². The highest BCUT2D eigenvalue weighted by Gasteiger charge is 2.07. The van der Waals surface area contributed by atoms with Crippen LogP contribution in [0.4, 0.5) is 5.69 Å². The second kappa shape index (κ2) is 9.71. The molecule has 0 aliphatic rings. The van der Waals surface area contributed by atoms with Crippen molar-refractivity contribution in [2.45, 2.75) is 0 Å². The largest absolute Gasteiger partial charge is 0.496 e. The summed E-state index contributed by atoms with van der Waals surface area (Å²) in [4.78, 5) is 15.2. The zero-order valence-corrected chi connectivity index (χ0v) is 17.3. The van der Waals surface area contributed by atoms with Crippen molar-refractivity contribution >= 4 is 33.5 Å². The smallest absolute Gasteiger partial charge is 0.157 e. The molecule has 3 aromatic carbocycles. The predicted octanol–water partition coefficient (Wildman–Crippen LogP) is 5.52. The summed E-state index contributed by atoms with van der Waals surface area (Å²) in [7, 11) is 4.95. The molecule has 0 aliphatic heterocycles. The molecule has 0 fully saturated rings. The fourth-order valence-corrected chi connectivity index (χ4v) is 3.74. The number of carbonyl (C=O) groups is 1. The average Bonchev–Trinajstić information content (AvgIpc) is 3.23. The van der Waals surface area contributed by atoms with Gasteiger partial charge in [-0.25, -0.2) is 4.98 Å². The fraction of sp³-hybridized carbons (Fsp3) is 0.130. The van der Waals surface area contributed by atoms with E-state index in [-0.39, 0.29) is 0 Å².